The summed E-state index contributed by atoms with van der Waals surface area (Å²) in [5, 5.41) is 8.98. The molecule has 0 saturated heterocycles. The van der Waals surface area contributed by atoms with Crippen LogP contribution in [0.2, 0.25) is 0 Å². The first kappa shape index (κ1) is 18.6. The van der Waals surface area contributed by atoms with Gasteiger partial charge in [0, 0.05) is 13.1 Å². The van der Waals surface area contributed by atoms with Gasteiger partial charge >= 0.3 is 0 Å². The molecule has 2 aromatic rings. The van der Waals surface area contributed by atoms with E-state index in [0.717, 1.165) is 17.5 Å². The Hall–Kier alpha value is -3.20. The van der Waals surface area contributed by atoms with E-state index in [-0.39, 0.29) is 5.91 Å². The zero-order valence-electron chi connectivity index (χ0n) is 15.7. The minimum absolute atomic E-state index is 0.0854. The lowest BCUT2D eigenvalue weighted by Gasteiger charge is -2.31. The van der Waals surface area contributed by atoms with Crippen molar-refractivity contribution in [2.45, 2.75) is 26.0 Å². The Balaban J connectivity index is 1.72. The van der Waals surface area contributed by atoms with Crippen molar-refractivity contribution in [2.75, 3.05) is 20.8 Å². The van der Waals surface area contributed by atoms with E-state index in [9.17, 15) is 4.79 Å². The average molecular weight is 366 g/mol. The third kappa shape index (κ3) is 3.98. The SMILES string of the molecule is COc1cc2c(cc1OC)CN(C(=O)C(C)Oc1cccc(C#N)c1)CC2. The van der Waals surface area contributed by atoms with Gasteiger partial charge < -0.3 is 19.1 Å². The Labute approximate surface area is 158 Å². The molecule has 2 aromatic carbocycles. The van der Waals surface area contributed by atoms with Gasteiger partial charge in [-0.05, 0) is 54.8 Å². The minimum Gasteiger partial charge on any atom is -0.493 e. The molecule has 0 N–H and O–H groups in total. The summed E-state index contributed by atoms with van der Waals surface area (Å²) in [5.74, 6) is 1.78. The van der Waals surface area contributed by atoms with Crippen LogP contribution in [0, 0.1) is 11.3 Å². The first-order chi connectivity index (χ1) is 13.0. The topological polar surface area (TPSA) is 71.8 Å². The molecular formula is C21H22N2O4. The van der Waals surface area contributed by atoms with Gasteiger partial charge in [0.2, 0.25) is 0 Å². The predicted octanol–water partition coefficient (Wildman–Crippen LogP) is 2.93. The number of ether oxygens (including phenoxy) is 3. The first-order valence-electron chi connectivity index (χ1n) is 8.75. The number of rotatable bonds is 5. The quantitative estimate of drug-likeness (QED) is 0.814. The third-order valence-corrected chi connectivity index (χ3v) is 4.65. The van der Waals surface area contributed by atoms with Crippen LogP contribution >= 0.6 is 0 Å². The lowest BCUT2D eigenvalue weighted by atomic mass is 9.98. The number of nitrogens with zero attached hydrogens (tertiary/aromatic N) is 2. The number of carbonyl (C=O) groups excluding carboxylic acids is 1. The number of benzene rings is 2. The molecule has 1 aliphatic rings. The molecule has 6 nitrogen and oxygen atoms in total. The molecule has 0 aliphatic carbocycles. The molecule has 6 heteroatoms. The molecule has 0 saturated carbocycles. The van der Waals surface area contributed by atoms with Crippen molar-refractivity contribution in [3.05, 3.63) is 53.1 Å². The van der Waals surface area contributed by atoms with E-state index in [2.05, 4.69) is 6.07 Å². The number of amides is 1. The van der Waals surface area contributed by atoms with Crippen molar-refractivity contribution in [1.82, 2.24) is 4.90 Å². The molecule has 1 heterocycles. The van der Waals surface area contributed by atoms with Crippen LogP contribution in [-0.4, -0.2) is 37.7 Å². The van der Waals surface area contributed by atoms with Crippen LogP contribution < -0.4 is 14.2 Å². The van der Waals surface area contributed by atoms with Crippen LogP contribution in [-0.2, 0) is 17.8 Å². The van der Waals surface area contributed by atoms with Gasteiger partial charge in [0.1, 0.15) is 5.75 Å². The van der Waals surface area contributed by atoms with Crippen LogP contribution in [0.3, 0.4) is 0 Å². The van der Waals surface area contributed by atoms with Gasteiger partial charge in [-0.25, -0.2) is 0 Å². The Morgan fingerprint density at radius 3 is 2.52 bits per heavy atom. The molecule has 1 atom stereocenters. The molecule has 3 rings (SSSR count). The van der Waals surface area contributed by atoms with Crippen LogP contribution in [0.5, 0.6) is 17.2 Å². The highest BCUT2D eigenvalue weighted by Gasteiger charge is 2.27. The largest absolute Gasteiger partial charge is 0.493 e. The zero-order chi connectivity index (χ0) is 19.4. The van der Waals surface area contributed by atoms with Crippen molar-refractivity contribution < 1.29 is 19.0 Å². The van der Waals surface area contributed by atoms with Gasteiger partial charge in [-0.15, -0.1) is 0 Å². The van der Waals surface area contributed by atoms with Crippen LogP contribution in [0.4, 0.5) is 0 Å². The molecule has 0 bridgehead atoms. The van der Waals surface area contributed by atoms with E-state index in [4.69, 9.17) is 19.5 Å². The van der Waals surface area contributed by atoms with Crippen molar-refractivity contribution >= 4 is 5.91 Å². The molecular weight excluding hydrogens is 344 g/mol. The summed E-state index contributed by atoms with van der Waals surface area (Å²) < 4.78 is 16.5. The number of nitriles is 1. The monoisotopic (exact) mass is 366 g/mol. The van der Waals surface area contributed by atoms with Crippen LogP contribution in [0.25, 0.3) is 0 Å². The van der Waals surface area contributed by atoms with E-state index in [0.29, 0.717) is 35.9 Å². The number of fused-ring (bicyclic) bond motifs is 1. The lowest BCUT2D eigenvalue weighted by molar-refractivity contribution is -0.138. The summed E-state index contributed by atoms with van der Waals surface area (Å²) in [6.07, 6.45) is 0.110. The van der Waals surface area contributed by atoms with Crippen molar-refractivity contribution in [3.8, 4) is 23.3 Å². The second kappa shape index (κ2) is 8.00. The predicted molar refractivity (Wildman–Crippen MR) is 99.9 cm³/mol. The highest BCUT2D eigenvalue weighted by Crippen LogP contribution is 2.33. The van der Waals surface area contributed by atoms with E-state index in [1.807, 2.05) is 12.1 Å². The van der Waals surface area contributed by atoms with E-state index >= 15 is 0 Å². The number of hydrogen-bond acceptors (Lipinski definition) is 5. The molecule has 0 fully saturated rings. The Morgan fingerprint density at radius 1 is 1.15 bits per heavy atom. The lowest BCUT2D eigenvalue weighted by Crippen LogP contribution is -2.43. The fraction of sp³-hybridized carbons (Fsp3) is 0.333. The summed E-state index contributed by atoms with van der Waals surface area (Å²) in [5.41, 5.74) is 2.71. The summed E-state index contributed by atoms with van der Waals surface area (Å²) in [6.45, 7) is 2.85. The summed E-state index contributed by atoms with van der Waals surface area (Å²) in [7, 11) is 3.21. The molecule has 140 valence electrons. The van der Waals surface area contributed by atoms with E-state index < -0.39 is 6.10 Å². The highest BCUT2D eigenvalue weighted by atomic mass is 16.5. The average Bonchev–Trinajstić information content (AvgIpc) is 2.71. The van der Waals surface area contributed by atoms with Crippen LogP contribution in [0.1, 0.15) is 23.6 Å². The maximum atomic E-state index is 12.8. The van der Waals surface area contributed by atoms with Gasteiger partial charge in [0.15, 0.2) is 17.6 Å². The summed E-state index contributed by atoms with van der Waals surface area (Å²) in [4.78, 5) is 14.6. The van der Waals surface area contributed by atoms with Gasteiger partial charge in [-0.1, -0.05) is 6.07 Å². The molecule has 1 unspecified atom stereocenters. The molecule has 0 spiro atoms. The second-order valence-electron chi connectivity index (χ2n) is 6.39. The fourth-order valence-corrected chi connectivity index (χ4v) is 3.22. The zero-order valence-corrected chi connectivity index (χ0v) is 15.7. The number of hydrogen-bond donors (Lipinski definition) is 0. The van der Waals surface area contributed by atoms with Gasteiger partial charge in [0.05, 0.1) is 25.9 Å². The molecule has 1 aliphatic heterocycles. The number of methoxy groups -OCH3 is 2. The van der Waals surface area contributed by atoms with E-state index in [1.54, 1.807) is 50.3 Å². The van der Waals surface area contributed by atoms with Crippen molar-refractivity contribution in [1.29, 1.82) is 5.26 Å². The second-order valence-corrected chi connectivity index (χ2v) is 6.39. The van der Waals surface area contributed by atoms with Gasteiger partial charge in [0.25, 0.3) is 5.91 Å². The Kier molecular flexibility index (Phi) is 5.51. The highest BCUT2D eigenvalue weighted by molar-refractivity contribution is 5.81. The normalized spacial score (nSPS) is 13.9. The molecule has 0 radical (unpaired) electrons. The summed E-state index contributed by atoms with van der Waals surface area (Å²) >= 11 is 0. The maximum absolute atomic E-state index is 12.8. The maximum Gasteiger partial charge on any atom is 0.263 e. The first-order valence-corrected chi connectivity index (χ1v) is 8.75. The van der Waals surface area contributed by atoms with Crippen molar-refractivity contribution in [3.63, 3.8) is 0 Å². The summed E-state index contributed by atoms with van der Waals surface area (Å²) in [6, 6.07) is 12.8. The third-order valence-electron chi connectivity index (χ3n) is 4.65. The Bertz CT molecular complexity index is 888. The Morgan fingerprint density at radius 2 is 1.85 bits per heavy atom. The molecule has 27 heavy (non-hydrogen) atoms. The smallest absolute Gasteiger partial charge is 0.263 e. The molecule has 0 aromatic heterocycles. The van der Waals surface area contributed by atoms with Gasteiger partial charge in [-0.3, -0.25) is 4.79 Å². The van der Waals surface area contributed by atoms with Crippen LogP contribution in [0.15, 0.2) is 36.4 Å². The standard InChI is InChI=1S/C21H22N2O4/c1-14(27-18-6-4-5-15(9-18)12-22)21(24)23-8-7-16-10-19(25-2)20(26-3)11-17(16)13-23/h4-6,9-11,14H,7-8,13H2,1-3H3. The van der Waals surface area contributed by atoms with E-state index in [1.165, 1.54) is 0 Å². The van der Waals surface area contributed by atoms with Gasteiger partial charge in [-0.2, -0.15) is 5.26 Å². The fourth-order valence-electron chi connectivity index (χ4n) is 3.22. The molecule has 1 amide bonds. The number of carbonyl (C=O) groups is 1. The minimum atomic E-state index is -0.638. The van der Waals surface area contributed by atoms with Crippen molar-refractivity contribution in [2.24, 2.45) is 0 Å².